The molecule has 1 rings (SSSR count). The molecule has 1 amide bonds. The van der Waals surface area contributed by atoms with Crippen molar-refractivity contribution in [2.75, 3.05) is 11.6 Å². The van der Waals surface area contributed by atoms with Gasteiger partial charge in [0.15, 0.2) is 5.78 Å². The standard InChI is InChI=1S/C13H23NO3S/c1-12(2,3)10(15)9-7-18-8-14(9)11(16)17-13(4,5)6/h9H,7-8H2,1-6H3. The van der Waals surface area contributed by atoms with Gasteiger partial charge in [-0.3, -0.25) is 9.69 Å². The second-order valence-corrected chi connectivity index (χ2v) is 7.58. The largest absolute Gasteiger partial charge is 0.444 e. The quantitative estimate of drug-likeness (QED) is 0.737. The molecule has 0 bridgehead atoms. The molecule has 0 aliphatic carbocycles. The van der Waals surface area contributed by atoms with Gasteiger partial charge >= 0.3 is 6.09 Å². The molecule has 18 heavy (non-hydrogen) atoms. The van der Waals surface area contributed by atoms with Gasteiger partial charge in [-0.25, -0.2) is 4.79 Å². The molecular weight excluding hydrogens is 250 g/mol. The average Bonchev–Trinajstić information content (AvgIpc) is 2.60. The molecule has 4 nitrogen and oxygen atoms in total. The average molecular weight is 273 g/mol. The first-order valence-electron chi connectivity index (χ1n) is 6.14. The van der Waals surface area contributed by atoms with Crippen LogP contribution in [0.1, 0.15) is 41.5 Å². The molecule has 0 radical (unpaired) electrons. The third kappa shape index (κ3) is 3.90. The van der Waals surface area contributed by atoms with E-state index in [4.69, 9.17) is 4.74 Å². The van der Waals surface area contributed by atoms with Gasteiger partial charge in [0, 0.05) is 11.2 Å². The van der Waals surface area contributed by atoms with E-state index < -0.39 is 17.1 Å². The first-order chi connectivity index (χ1) is 8.02. The van der Waals surface area contributed by atoms with Crippen LogP contribution in [0.3, 0.4) is 0 Å². The van der Waals surface area contributed by atoms with Gasteiger partial charge in [0.25, 0.3) is 0 Å². The van der Waals surface area contributed by atoms with Crippen LogP contribution in [0.2, 0.25) is 0 Å². The Hall–Kier alpha value is -0.710. The Labute approximate surface area is 113 Å². The molecule has 1 unspecified atom stereocenters. The van der Waals surface area contributed by atoms with Crippen molar-refractivity contribution in [2.45, 2.75) is 53.2 Å². The lowest BCUT2D eigenvalue weighted by molar-refractivity contribution is -0.130. The van der Waals surface area contributed by atoms with E-state index in [0.29, 0.717) is 11.6 Å². The molecule has 0 aromatic carbocycles. The number of ketones is 1. The molecule has 1 aliphatic heterocycles. The Bertz CT molecular complexity index is 341. The van der Waals surface area contributed by atoms with E-state index in [-0.39, 0.29) is 11.8 Å². The predicted molar refractivity (Wildman–Crippen MR) is 73.6 cm³/mol. The van der Waals surface area contributed by atoms with Crippen molar-refractivity contribution >= 4 is 23.6 Å². The number of Topliss-reactive ketones (excluding diaryl/α,β-unsaturated/α-hetero) is 1. The number of rotatable bonds is 1. The van der Waals surface area contributed by atoms with Gasteiger partial charge in [-0.2, -0.15) is 0 Å². The van der Waals surface area contributed by atoms with Crippen LogP contribution in [0.25, 0.3) is 0 Å². The monoisotopic (exact) mass is 273 g/mol. The number of ether oxygens (including phenoxy) is 1. The molecule has 0 spiro atoms. The lowest BCUT2D eigenvalue weighted by Crippen LogP contribution is -2.47. The molecular formula is C13H23NO3S. The van der Waals surface area contributed by atoms with Crippen molar-refractivity contribution in [3.05, 3.63) is 0 Å². The molecule has 1 saturated heterocycles. The second-order valence-electron chi connectivity index (χ2n) is 6.58. The zero-order valence-electron chi connectivity index (χ0n) is 12.1. The summed E-state index contributed by atoms with van der Waals surface area (Å²) in [4.78, 5) is 25.9. The molecule has 0 saturated carbocycles. The Morgan fingerprint density at radius 2 is 1.72 bits per heavy atom. The van der Waals surface area contributed by atoms with E-state index in [1.807, 2.05) is 41.5 Å². The van der Waals surface area contributed by atoms with Crippen LogP contribution < -0.4 is 0 Å². The number of hydrogen-bond acceptors (Lipinski definition) is 4. The van der Waals surface area contributed by atoms with E-state index in [2.05, 4.69) is 0 Å². The van der Waals surface area contributed by atoms with Crippen LogP contribution in [0.15, 0.2) is 0 Å². The molecule has 5 heteroatoms. The summed E-state index contributed by atoms with van der Waals surface area (Å²) in [6.45, 7) is 11.1. The number of amides is 1. The molecule has 1 atom stereocenters. The zero-order chi connectivity index (χ0) is 14.1. The van der Waals surface area contributed by atoms with Gasteiger partial charge in [-0.15, -0.1) is 11.8 Å². The van der Waals surface area contributed by atoms with Crippen molar-refractivity contribution < 1.29 is 14.3 Å². The molecule has 104 valence electrons. The number of carbonyl (C=O) groups excluding carboxylic acids is 2. The van der Waals surface area contributed by atoms with Crippen LogP contribution >= 0.6 is 11.8 Å². The molecule has 1 heterocycles. The van der Waals surface area contributed by atoms with Crippen molar-refractivity contribution in [1.82, 2.24) is 4.90 Å². The van der Waals surface area contributed by atoms with Crippen molar-refractivity contribution in [2.24, 2.45) is 5.41 Å². The fourth-order valence-corrected chi connectivity index (χ4v) is 2.80. The van der Waals surface area contributed by atoms with E-state index in [1.165, 1.54) is 0 Å². The highest BCUT2D eigenvalue weighted by Crippen LogP contribution is 2.29. The Morgan fingerprint density at radius 1 is 1.17 bits per heavy atom. The SMILES string of the molecule is CC(C)(C)OC(=O)N1CSCC1C(=O)C(C)(C)C. The lowest BCUT2D eigenvalue weighted by atomic mass is 9.86. The van der Waals surface area contributed by atoms with Gasteiger partial charge in [-0.05, 0) is 20.8 Å². The summed E-state index contributed by atoms with van der Waals surface area (Å²) in [7, 11) is 0. The Kier molecular flexibility index (Phi) is 4.36. The van der Waals surface area contributed by atoms with Crippen molar-refractivity contribution in [3.8, 4) is 0 Å². The van der Waals surface area contributed by atoms with Gasteiger partial charge in [0.2, 0.25) is 0 Å². The minimum absolute atomic E-state index is 0.0957. The molecule has 0 aromatic heterocycles. The number of hydrogen-bond donors (Lipinski definition) is 0. The van der Waals surface area contributed by atoms with Crippen molar-refractivity contribution in [3.63, 3.8) is 0 Å². The minimum Gasteiger partial charge on any atom is -0.444 e. The summed E-state index contributed by atoms with van der Waals surface area (Å²) in [6, 6.07) is -0.357. The summed E-state index contributed by atoms with van der Waals surface area (Å²) in [6.07, 6.45) is -0.393. The molecule has 0 N–H and O–H groups in total. The van der Waals surface area contributed by atoms with Crippen LogP contribution in [-0.2, 0) is 9.53 Å². The summed E-state index contributed by atoms with van der Waals surface area (Å²) in [5.74, 6) is 1.29. The maximum absolute atomic E-state index is 12.3. The first kappa shape index (κ1) is 15.3. The van der Waals surface area contributed by atoms with Gasteiger partial charge < -0.3 is 4.74 Å². The predicted octanol–water partition coefficient (Wildman–Crippen LogP) is 2.91. The third-order valence-electron chi connectivity index (χ3n) is 2.55. The smallest absolute Gasteiger partial charge is 0.411 e. The number of carbonyl (C=O) groups is 2. The van der Waals surface area contributed by atoms with Gasteiger partial charge in [0.05, 0.1) is 5.88 Å². The zero-order valence-corrected chi connectivity index (χ0v) is 12.9. The van der Waals surface area contributed by atoms with Crippen LogP contribution in [0, 0.1) is 5.41 Å². The maximum Gasteiger partial charge on any atom is 0.411 e. The fourth-order valence-electron chi connectivity index (χ4n) is 1.66. The Morgan fingerprint density at radius 3 is 2.17 bits per heavy atom. The highest BCUT2D eigenvalue weighted by Gasteiger charge is 2.40. The van der Waals surface area contributed by atoms with E-state index in [1.54, 1.807) is 16.7 Å². The summed E-state index contributed by atoms with van der Waals surface area (Å²) in [5, 5.41) is 0. The maximum atomic E-state index is 12.3. The summed E-state index contributed by atoms with van der Waals surface area (Å²) < 4.78 is 5.34. The molecule has 1 fully saturated rings. The second kappa shape index (κ2) is 5.11. The minimum atomic E-state index is -0.528. The fraction of sp³-hybridized carbons (Fsp3) is 0.846. The van der Waals surface area contributed by atoms with Gasteiger partial charge in [0.1, 0.15) is 11.6 Å². The molecule has 1 aliphatic rings. The Balaban J connectivity index is 2.77. The number of nitrogens with zero attached hydrogens (tertiary/aromatic N) is 1. The first-order valence-corrected chi connectivity index (χ1v) is 7.29. The van der Waals surface area contributed by atoms with E-state index in [9.17, 15) is 9.59 Å². The van der Waals surface area contributed by atoms with Crippen LogP contribution in [0.4, 0.5) is 4.79 Å². The lowest BCUT2D eigenvalue weighted by Gasteiger charge is -2.30. The normalized spacial score (nSPS) is 21.0. The molecule has 0 aromatic rings. The highest BCUT2D eigenvalue weighted by atomic mass is 32.2. The van der Waals surface area contributed by atoms with Crippen LogP contribution in [0.5, 0.6) is 0 Å². The van der Waals surface area contributed by atoms with E-state index in [0.717, 1.165) is 0 Å². The summed E-state index contributed by atoms with van der Waals surface area (Å²) >= 11 is 1.59. The van der Waals surface area contributed by atoms with Crippen molar-refractivity contribution in [1.29, 1.82) is 0 Å². The highest BCUT2D eigenvalue weighted by molar-refractivity contribution is 7.99. The summed E-state index contributed by atoms with van der Waals surface area (Å²) in [5.41, 5.74) is -0.963. The number of thioether (sulfide) groups is 1. The van der Waals surface area contributed by atoms with Crippen LogP contribution in [-0.4, -0.2) is 40.0 Å². The third-order valence-corrected chi connectivity index (χ3v) is 3.56. The van der Waals surface area contributed by atoms with Gasteiger partial charge in [-0.1, -0.05) is 20.8 Å². The topological polar surface area (TPSA) is 46.6 Å². The van der Waals surface area contributed by atoms with E-state index >= 15 is 0 Å².